The second-order valence-corrected chi connectivity index (χ2v) is 12.3. The number of hydrogen-bond acceptors (Lipinski definition) is 9. The smallest absolute Gasteiger partial charge is 0.271 e. The van der Waals surface area contributed by atoms with E-state index in [2.05, 4.69) is 31.2 Å². The van der Waals surface area contributed by atoms with Crippen LogP contribution in [0.25, 0.3) is 0 Å². The fourth-order valence-electron chi connectivity index (χ4n) is 4.51. The average molecular weight is 648 g/mol. The van der Waals surface area contributed by atoms with Crippen molar-refractivity contribution in [3.8, 4) is 0 Å². The van der Waals surface area contributed by atoms with E-state index in [1.165, 1.54) is 27.6 Å². The lowest BCUT2D eigenvalue weighted by Crippen LogP contribution is -2.49. The largest absolute Gasteiger partial charge is 0.351 e. The molecule has 0 radical (unpaired) electrons. The Labute approximate surface area is 265 Å². The van der Waals surface area contributed by atoms with Crippen molar-refractivity contribution in [2.75, 3.05) is 26.7 Å². The van der Waals surface area contributed by atoms with Crippen LogP contribution in [0.4, 0.5) is 0 Å². The van der Waals surface area contributed by atoms with Crippen LogP contribution in [0.1, 0.15) is 75.8 Å². The zero-order valence-corrected chi connectivity index (χ0v) is 27.0. The molecule has 232 valence electrons. The maximum absolute atomic E-state index is 13.4. The number of halogens is 1. The maximum Gasteiger partial charge on any atom is 0.271 e. The monoisotopic (exact) mass is 647 g/mol. The number of carbonyl (C=O) groups is 4. The first-order chi connectivity index (χ1) is 20.2. The molecule has 0 saturated heterocycles. The second-order valence-electron chi connectivity index (χ2n) is 10.5. The predicted octanol–water partition coefficient (Wildman–Crippen LogP) is 3.12. The number of thiazole rings is 2. The van der Waals surface area contributed by atoms with Gasteiger partial charge in [0.25, 0.3) is 11.8 Å². The number of rotatable bonds is 5. The molecule has 3 heterocycles. The Bertz CT molecular complexity index is 1400. The molecule has 4 rings (SSSR count). The van der Waals surface area contributed by atoms with E-state index < -0.39 is 18.1 Å². The van der Waals surface area contributed by atoms with Gasteiger partial charge in [0.2, 0.25) is 11.8 Å². The van der Waals surface area contributed by atoms with E-state index in [4.69, 9.17) is 0 Å². The second kappa shape index (κ2) is 15.9. The van der Waals surface area contributed by atoms with Crippen LogP contribution in [-0.4, -0.2) is 71.2 Å². The third kappa shape index (κ3) is 9.05. The van der Waals surface area contributed by atoms with Gasteiger partial charge in [0.1, 0.15) is 21.4 Å². The fourth-order valence-corrected chi connectivity index (χ4v) is 6.38. The van der Waals surface area contributed by atoms with E-state index in [9.17, 15) is 19.2 Å². The van der Waals surface area contributed by atoms with Crippen LogP contribution in [0.2, 0.25) is 0 Å². The minimum absolute atomic E-state index is 0. The predicted molar refractivity (Wildman–Crippen MR) is 170 cm³/mol. The molecule has 0 spiro atoms. The van der Waals surface area contributed by atoms with Crippen molar-refractivity contribution < 1.29 is 19.2 Å². The summed E-state index contributed by atoms with van der Waals surface area (Å²) in [6.45, 7) is 6.10. The number of fused-ring (bicyclic) bond motifs is 4. The molecule has 11 nitrogen and oxygen atoms in total. The summed E-state index contributed by atoms with van der Waals surface area (Å²) < 4.78 is 0. The number of nitrogens with zero attached hydrogens (tertiary/aromatic N) is 3. The summed E-state index contributed by atoms with van der Waals surface area (Å²) in [6.07, 6.45) is 0.913. The fraction of sp³-hybridized carbons (Fsp3) is 0.448. The summed E-state index contributed by atoms with van der Waals surface area (Å²) in [5.41, 5.74) is 1.50. The molecule has 1 aliphatic heterocycles. The van der Waals surface area contributed by atoms with Crippen molar-refractivity contribution in [2.45, 2.75) is 51.7 Å². The van der Waals surface area contributed by atoms with Gasteiger partial charge in [-0.3, -0.25) is 19.2 Å². The van der Waals surface area contributed by atoms with Crippen molar-refractivity contribution in [2.24, 2.45) is 5.92 Å². The van der Waals surface area contributed by atoms with E-state index in [0.29, 0.717) is 29.4 Å². The Hall–Kier alpha value is -3.39. The van der Waals surface area contributed by atoms with E-state index in [-0.39, 0.29) is 66.4 Å². The van der Waals surface area contributed by atoms with Crippen LogP contribution >= 0.6 is 35.1 Å². The van der Waals surface area contributed by atoms with Crippen molar-refractivity contribution in [1.29, 1.82) is 0 Å². The van der Waals surface area contributed by atoms with Crippen LogP contribution in [0.15, 0.2) is 41.1 Å². The van der Waals surface area contributed by atoms with Gasteiger partial charge in [0, 0.05) is 23.8 Å². The highest BCUT2D eigenvalue weighted by Crippen LogP contribution is 2.27. The van der Waals surface area contributed by atoms with E-state index in [0.717, 1.165) is 5.56 Å². The SMILES string of the molecule is CN[C@@H](C)C(=O)N1CCCNC(=O)c2csc(n2)[C@H](C(C)C)NC(=O)c2csc(n2)C(Cc2ccccc2)NC(=O)C1.Cl. The summed E-state index contributed by atoms with van der Waals surface area (Å²) in [4.78, 5) is 63.2. The van der Waals surface area contributed by atoms with E-state index in [1.807, 2.05) is 44.2 Å². The van der Waals surface area contributed by atoms with Gasteiger partial charge in [-0.05, 0) is 38.3 Å². The molecule has 1 unspecified atom stereocenters. The molecule has 43 heavy (non-hydrogen) atoms. The van der Waals surface area contributed by atoms with E-state index >= 15 is 0 Å². The highest BCUT2D eigenvalue weighted by molar-refractivity contribution is 7.10. The summed E-state index contributed by atoms with van der Waals surface area (Å²) in [7, 11) is 1.69. The van der Waals surface area contributed by atoms with Gasteiger partial charge >= 0.3 is 0 Å². The van der Waals surface area contributed by atoms with Crippen LogP contribution in [0.5, 0.6) is 0 Å². The third-order valence-electron chi connectivity index (χ3n) is 6.98. The number of aromatic nitrogens is 2. The molecular weight excluding hydrogens is 610 g/mol. The molecular formula is C29H38ClN7O4S2. The lowest BCUT2D eigenvalue weighted by molar-refractivity contribution is -0.137. The van der Waals surface area contributed by atoms with Crippen molar-refractivity contribution >= 4 is 58.7 Å². The zero-order chi connectivity index (χ0) is 30.2. The summed E-state index contributed by atoms with van der Waals surface area (Å²) in [5.74, 6) is -1.25. The molecule has 1 aromatic carbocycles. The van der Waals surface area contributed by atoms with Crippen LogP contribution in [-0.2, 0) is 16.0 Å². The molecule has 3 atom stereocenters. The van der Waals surface area contributed by atoms with Crippen molar-refractivity contribution in [1.82, 2.24) is 36.1 Å². The molecule has 4 amide bonds. The average Bonchev–Trinajstić information content (AvgIpc) is 3.67. The summed E-state index contributed by atoms with van der Waals surface area (Å²) in [5, 5.41) is 16.4. The van der Waals surface area contributed by atoms with Gasteiger partial charge < -0.3 is 26.2 Å². The lowest BCUT2D eigenvalue weighted by Gasteiger charge is -2.26. The number of benzene rings is 1. The molecule has 3 aromatic rings. The van der Waals surface area contributed by atoms with Gasteiger partial charge in [-0.2, -0.15) is 0 Å². The Morgan fingerprint density at radius 2 is 1.65 bits per heavy atom. The molecule has 1 aliphatic rings. The number of carbonyl (C=O) groups excluding carboxylic acids is 4. The Kier molecular flexibility index (Phi) is 12.6. The Balaban J connectivity index is 0.00000506. The van der Waals surface area contributed by atoms with Gasteiger partial charge in [-0.15, -0.1) is 35.1 Å². The minimum Gasteiger partial charge on any atom is -0.351 e. The number of nitrogens with one attached hydrogen (secondary N) is 4. The number of likely N-dealkylation sites (N-methyl/N-ethyl adjacent to an activating group) is 1. The summed E-state index contributed by atoms with van der Waals surface area (Å²) in [6, 6.07) is 8.30. The first-order valence-electron chi connectivity index (χ1n) is 14.0. The zero-order valence-electron chi connectivity index (χ0n) is 24.6. The highest BCUT2D eigenvalue weighted by Gasteiger charge is 2.28. The molecule has 0 saturated carbocycles. The number of amides is 4. The molecule has 0 aliphatic carbocycles. The van der Waals surface area contributed by atoms with E-state index in [1.54, 1.807) is 24.7 Å². The topological polar surface area (TPSA) is 145 Å². The van der Waals surface area contributed by atoms with Gasteiger partial charge in [0.15, 0.2) is 0 Å². The molecule has 0 fully saturated rings. The first-order valence-corrected chi connectivity index (χ1v) is 15.7. The van der Waals surface area contributed by atoms with Crippen LogP contribution in [0.3, 0.4) is 0 Å². The quantitative estimate of drug-likeness (QED) is 0.333. The van der Waals surface area contributed by atoms with Crippen molar-refractivity contribution in [3.63, 3.8) is 0 Å². The van der Waals surface area contributed by atoms with Crippen LogP contribution < -0.4 is 21.3 Å². The highest BCUT2D eigenvalue weighted by atomic mass is 35.5. The Morgan fingerprint density at radius 3 is 2.33 bits per heavy atom. The molecule has 4 N–H and O–H groups in total. The third-order valence-corrected chi connectivity index (χ3v) is 8.87. The van der Waals surface area contributed by atoms with Gasteiger partial charge in [0.05, 0.1) is 24.7 Å². The maximum atomic E-state index is 13.4. The number of hydrogen-bond donors (Lipinski definition) is 4. The van der Waals surface area contributed by atoms with Gasteiger partial charge in [-0.25, -0.2) is 9.97 Å². The van der Waals surface area contributed by atoms with Crippen molar-refractivity contribution in [3.05, 3.63) is 68.1 Å². The lowest BCUT2D eigenvalue weighted by atomic mass is 10.0. The molecule has 4 bridgehead atoms. The Morgan fingerprint density at radius 1 is 1.00 bits per heavy atom. The van der Waals surface area contributed by atoms with Gasteiger partial charge in [-0.1, -0.05) is 44.2 Å². The summed E-state index contributed by atoms with van der Waals surface area (Å²) >= 11 is 2.61. The normalized spacial score (nSPS) is 19.2. The standard InChI is InChI=1S/C29H37N7O4S2.ClH/c1-17(2)24-28-34-21(15-42-28)25(38)31-11-8-12-36(29(40)18(3)30-4)14-23(37)32-20(13-19-9-6-5-7-10-19)27-33-22(16-41-27)26(39)35-24;/h5-7,9-10,15-18,20,24,30H,8,11-14H2,1-4H3,(H,31,38)(H,32,37)(H,35,39);1H/t18-,20?,24-;/m0./s1. The molecule has 14 heteroatoms. The minimum atomic E-state index is -0.506. The molecule has 2 aromatic heterocycles. The first kappa shape index (κ1) is 34.1. The van der Waals surface area contributed by atoms with Crippen LogP contribution in [0, 0.1) is 5.92 Å².